The SMILES string of the molecule is CC(CC(=O)O)SCC(=O)N(c1ccccc1)C(C)C. The van der Waals surface area contributed by atoms with Crippen molar-refractivity contribution < 1.29 is 14.7 Å². The zero-order valence-electron chi connectivity index (χ0n) is 12.1. The Balaban J connectivity index is 2.65. The van der Waals surface area contributed by atoms with Gasteiger partial charge in [-0.05, 0) is 26.0 Å². The topological polar surface area (TPSA) is 57.6 Å². The van der Waals surface area contributed by atoms with Crippen LogP contribution in [0.3, 0.4) is 0 Å². The molecule has 0 aliphatic rings. The highest BCUT2D eigenvalue weighted by atomic mass is 32.2. The van der Waals surface area contributed by atoms with Crippen LogP contribution < -0.4 is 4.90 Å². The normalized spacial score (nSPS) is 12.2. The minimum absolute atomic E-state index is 0.00781. The minimum atomic E-state index is -0.832. The Bertz CT molecular complexity index is 448. The minimum Gasteiger partial charge on any atom is -0.481 e. The van der Waals surface area contributed by atoms with E-state index in [1.807, 2.05) is 51.1 Å². The number of carboxylic acid groups (broad SMARTS) is 1. The Morgan fingerprint density at radius 2 is 1.80 bits per heavy atom. The summed E-state index contributed by atoms with van der Waals surface area (Å²) in [6.45, 7) is 5.76. The molecule has 110 valence electrons. The van der Waals surface area contributed by atoms with Gasteiger partial charge in [-0.25, -0.2) is 0 Å². The molecule has 0 radical (unpaired) electrons. The first-order valence-electron chi connectivity index (χ1n) is 6.62. The van der Waals surface area contributed by atoms with E-state index >= 15 is 0 Å². The van der Waals surface area contributed by atoms with Gasteiger partial charge >= 0.3 is 5.97 Å². The number of carbonyl (C=O) groups excluding carboxylic acids is 1. The number of anilines is 1. The Morgan fingerprint density at radius 1 is 1.20 bits per heavy atom. The lowest BCUT2D eigenvalue weighted by Gasteiger charge is -2.27. The maximum Gasteiger partial charge on any atom is 0.304 e. The van der Waals surface area contributed by atoms with Gasteiger partial charge in [-0.1, -0.05) is 25.1 Å². The van der Waals surface area contributed by atoms with Gasteiger partial charge in [0.2, 0.25) is 5.91 Å². The summed E-state index contributed by atoms with van der Waals surface area (Å²) in [7, 11) is 0. The lowest BCUT2D eigenvalue weighted by Crippen LogP contribution is -2.38. The van der Waals surface area contributed by atoms with Gasteiger partial charge < -0.3 is 10.0 Å². The van der Waals surface area contributed by atoms with Crippen LogP contribution in [0.25, 0.3) is 0 Å². The van der Waals surface area contributed by atoms with Crippen molar-refractivity contribution in [3.05, 3.63) is 30.3 Å². The maximum absolute atomic E-state index is 12.3. The average Bonchev–Trinajstić information content (AvgIpc) is 2.36. The van der Waals surface area contributed by atoms with Gasteiger partial charge in [0.1, 0.15) is 0 Å². The first-order chi connectivity index (χ1) is 9.41. The molecule has 0 saturated carbocycles. The molecule has 20 heavy (non-hydrogen) atoms. The molecule has 4 nitrogen and oxygen atoms in total. The van der Waals surface area contributed by atoms with Gasteiger partial charge in [-0.3, -0.25) is 9.59 Å². The van der Waals surface area contributed by atoms with Gasteiger partial charge in [-0.2, -0.15) is 0 Å². The molecular weight excluding hydrogens is 274 g/mol. The fourth-order valence-electron chi connectivity index (χ4n) is 1.91. The van der Waals surface area contributed by atoms with Crippen molar-refractivity contribution in [2.45, 2.75) is 38.5 Å². The number of aliphatic carboxylic acids is 1. The van der Waals surface area contributed by atoms with Crippen LogP contribution in [-0.2, 0) is 9.59 Å². The van der Waals surface area contributed by atoms with E-state index in [9.17, 15) is 9.59 Å². The van der Waals surface area contributed by atoms with E-state index in [1.54, 1.807) is 4.90 Å². The largest absolute Gasteiger partial charge is 0.481 e. The van der Waals surface area contributed by atoms with E-state index in [-0.39, 0.29) is 23.6 Å². The first kappa shape index (κ1) is 16.6. The summed E-state index contributed by atoms with van der Waals surface area (Å²) >= 11 is 1.38. The van der Waals surface area contributed by atoms with Crippen LogP contribution in [0.2, 0.25) is 0 Å². The summed E-state index contributed by atoms with van der Waals surface area (Å²) in [5.41, 5.74) is 0.874. The third kappa shape index (κ3) is 5.25. The molecular formula is C15H21NO3S. The number of carboxylic acids is 1. The number of nitrogens with zero attached hydrogens (tertiary/aromatic N) is 1. The van der Waals surface area contributed by atoms with Crippen LogP contribution >= 0.6 is 11.8 Å². The van der Waals surface area contributed by atoms with Gasteiger partial charge in [0.15, 0.2) is 0 Å². The van der Waals surface area contributed by atoms with E-state index in [0.29, 0.717) is 5.75 Å². The molecule has 5 heteroatoms. The molecule has 1 amide bonds. The maximum atomic E-state index is 12.3. The summed E-state index contributed by atoms with van der Waals surface area (Å²) in [5, 5.41) is 8.65. The molecule has 1 atom stereocenters. The third-order valence-corrected chi connectivity index (χ3v) is 3.92. The molecule has 1 aromatic carbocycles. The number of amides is 1. The van der Waals surface area contributed by atoms with Gasteiger partial charge in [0.25, 0.3) is 0 Å². The highest BCUT2D eigenvalue weighted by Crippen LogP contribution is 2.20. The molecule has 0 aromatic heterocycles. The molecule has 1 unspecified atom stereocenters. The highest BCUT2D eigenvalue weighted by Gasteiger charge is 2.20. The Morgan fingerprint density at radius 3 is 2.30 bits per heavy atom. The molecule has 0 saturated heterocycles. The summed E-state index contributed by atoms with van der Waals surface area (Å²) in [6.07, 6.45) is 0.0744. The monoisotopic (exact) mass is 295 g/mol. The Hall–Kier alpha value is -1.49. The zero-order valence-corrected chi connectivity index (χ0v) is 12.9. The second-order valence-electron chi connectivity index (χ2n) is 4.91. The van der Waals surface area contributed by atoms with Crippen LogP contribution in [0.4, 0.5) is 5.69 Å². The standard InChI is InChI=1S/C15H21NO3S/c1-11(2)16(13-7-5-4-6-8-13)14(17)10-20-12(3)9-15(18)19/h4-8,11-12H,9-10H2,1-3H3,(H,18,19). The molecule has 0 spiro atoms. The van der Waals surface area contributed by atoms with Crippen molar-refractivity contribution in [1.82, 2.24) is 0 Å². The van der Waals surface area contributed by atoms with E-state index in [1.165, 1.54) is 11.8 Å². The number of hydrogen-bond acceptors (Lipinski definition) is 3. The van der Waals surface area contributed by atoms with Crippen LogP contribution in [0.15, 0.2) is 30.3 Å². The highest BCUT2D eigenvalue weighted by molar-refractivity contribution is 8.00. The average molecular weight is 295 g/mol. The molecule has 0 heterocycles. The van der Waals surface area contributed by atoms with Crippen LogP contribution in [0, 0.1) is 0 Å². The molecule has 0 fully saturated rings. The van der Waals surface area contributed by atoms with E-state index in [4.69, 9.17) is 5.11 Å². The summed E-state index contributed by atoms with van der Waals surface area (Å²) in [5.74, 6) is -0.531. The second-order valence-corrected chi connectivity index (χ2v) is 6.34. The van der Waals surface area contributed by atoms with Crippen molar-refractivity contribution in [2.75, 3.05) is 10.7 Å². The molecule has 1 N–H and O–H groups in total. The van der Waals surface area contributed by atoms with Crippen LogP contribution in [0.5, 0.6) is 0 Å². The van der Waals surface area contributed by atoms with Crippen molar-refractivity contribution >= 4 is 29.3 Å². The van der Waals surface area contributed by atoms with E-state index < -0.39 is 5.97 Å². The third-order valence-electron chi connectivity index (χ3n) is 2.77. The predicted molar refractivity (Wildman–Crippen MR) is 83.2 cm³/mol. The Kier molecular flexibility index (Phi) is 6.58. The smallest absolute Gasteiger partial charge is 0.304 e. The van der Waals surface area contributed by atoms with Crippen LogP contribution in [-0.4, -0.2) is 34.0 Å². The fraction of sp³-hybridized carbons (Fsp3) is 0.467. The number of para-hydroxylation sites is 1. The van der Waals surface area contributed by atoms with Crippen LogP contribution in [0.1, 0.15) is 27.2 Å². The number of thioether (sulfide) groups is 1. The Labute approximate surface area is 124 Å². The number of benzene rings is 1. The van der Waals surface area contributed by atoms with Gasteiger partial charge in [-0.15, -0.1) is 11.8 Å². The quantitative estimate of drug-likeness (QED) is 0.840. The van der Waals surface area contributed by atoms with E-state index in [2.05, 4.69) is 0 Å². The summed E-state index contributed by atoms with van der Waals surface area (Å²) in [6, 6.07) is 9.60. The van der Waals surface area contributed by atoms with Crippen molar-refractivity contribution in [2.24, 2.45) is 0 Å². The zero-order chi connectivity index (χ0) is 15.1. The fourth-order valence-corrected chi connectivity index (χ4v) is 2.73. The number of rotatable bonds is 7. The van der Waals surface area contributed by atoms with Crippen molar-refractivity contribution in [1.29, 1.82) is 0 Å². The summed E-state index contributed by atoms with van der Waals surface area (Å²) < 4.78 is 0. The first-order valence-corrected chi connectivity index (χ1v) is 7.67. The van der Waals surface area contributed by atoms with E-state index in [0.717, 1.165) is 5.69 Å². The van der Waals surface area contributed by atoms with Gasteiger partial charge in [0.05, 0.1) is 12.2 Å². The van der Waals surface area contributed by atoms with Crippen molar-refractivity contribution in [3.8, 4) is 0 Å². The molecule has 0 aliphatic heterocycles. The number of carbonyl (C=O) groups is 2. The molecule has 1 aromatic rings. The summed E-state index contributed by atoms with van der Waals surface area (Å²) in [4.78, 5) is 24.7. The molecule has 0 bridgehead atoms. The lowest BCUT2D eigenvalue weighted by molar-refractivity contribution is -0.136. The lowest BCUT2D eigenvalue weighted by atomic mass is 10.2. The van der Waals surface area contributed by atoms with Gasteiger partial charge in [0, 0.05) is 17.0 Å². The molecule has 0 aliphatic carbocycles. The number of hydrogen-bond donors (Lipinski definition) is 1. The second kappa shape index (κ2) is 7.94. The van der Waals surface area contributed by atoms with Crippen molar-refractivity contribution in [3.63, 3.8) is 0 Å². The molecule has 1 rings (SSSR count). The predicted octanol–water partition coefficient (Wildman–Crippen LogP) is 3.02.